The SMILES string of the molecule is CC(C(=O)OCC(=O)Nc1nnc(C(F)(F)F)s1)N1C(=O)C(=O)c2cc(Br)ccc21. The van der Waals surface area contributed by atoms with E-state index in [1.807, 2.05) is 5.32 Å². The topological polar surface area (TPSA) is 119 Å². The fourth-order valence-corrected chi connectivity index (χ4v) is 3.51. The molecule has 1 aliphatic rings. The molecule has 158 valence electrons. The van der Waals surface area contributed by atoms with Crippen LogP contribution < -0.4 is 10.2 Å². The third-order valence-electron chi connectivity index (χ3n) is 3.86. The Labute approximate surface area is 178 Å². The van der Waals surface area contributed by atoms with Crippen molar-refractivity contribution in [3.05, 3.63) is 33.2 Å². The quantitative estimate of drug-likeness (QED) is 0.488. The molecule has 9 nitrogen and oxygen atoms in total. The van der Waals surface area contributed by atoms with Crippen molar-refractivity contribution in [1.82, 2.24) is 10.2 Å². The summed E-state index contributed by atoms with van der Waals surface area (Å²) in [6.45, 7) is 0.468. The van der Waals surface area contributed by atoms with E-state index in [0.717, 1.165) is 4.90 Å². The first-order valence-electron chi connectivity index (χ1n) is 8.03. The molecule has 14 heteroatoms. The number of carbonyl (C=O) groups is 4. The Morgan fingerprint density at radius 1 is 1.30 bits per heavy atom. The van der Waals surface area contributed by atoms with Gasteiger partial charge in [0.05, 0.1) is 11.3 Å². The number of hydrogen-bond acceptors (Lipinski definition) is 8. The van der Waals surface area contributed by atoms with Gasteiger partial charge in [-0.15, -0.1) is 10.2 Å². The van der Waals surface area contributed by atoms with Gasteiger partial charge in [-0.3, -0.25) is 24.6 Å². The van der Waals surface area contributed by atoms with E-state index in [9.17, 15) is 32.3 Å². The molecule has 2 heterocycles. The third kappa shape index (κ3) is 4.33. The monoisotopic (exact) mass is 506 g/mol. The lowest BCUT2D eigenvalue weighted by Gasteiger charge is -2.22. The molecule has 30 heavy (non-hydrogen) atoms. The van der Waals surface area contributed by atoms with E-state index in [0.29, 0.717) is 4.47 Å². The molecular weight excluding hydrogens is 497 g/mol. The Bertz CT molecular complexity index is 1060. The Hall–Kier alpha value is -2.87. The van der Waals surface area contributed by atoms with Gasteiger partial charge < -0.3 is 4.74 Å². The first-order valence-corrected chi connectivity index (χ1v) is 9.64. The number of anilines is 2. The second kappa shape index (κ2) is 8.10. The molecule has 0 fully saturated rings. The van der Waals surface area contributed by atoms with Crippen molar-refractivity contribution < 1.29 is 37.1 Å². The number of ketones is 1. The Morgan fingerprint density at radius 3 is 2.63 bits per heavy atom. The fourth-order valence-electron chi connectivity index (χ4n) is 2.53. The minimum absolute atomic E-state index is 0.109. The van der Waals surface area contributed by atoms with Gasteiger partial charge in [0.2, 0.25) is 10.1 Å². The van der Waals surface area contributed by atoms with Crippen LogP contribution in [0, 0.1) is 0 Å². The van der Waals surface area contributed by atoms with Crippen molar-refractivity contribution in [1.29, 1.82) is 0 Å². The van der Waals surface area contributed by atoms with Gasteiger partial charge in [-0.05, 0) is 25.1 Å². The number of benzene rings is 1. The molecule has 0 radical (unpaired) electrons. The molecule has 1 N–H and O–H groups in total. The largest absolute Gasteiger partial charge is 0.454 e. The summed E-state index contributed by atoms with van der Waals surface area (Å²) >= 11 is 3.30. The van der Waals surface area contributed by atoms with Crippen molar-refractivity contribution in [2.24, 2.45) is 0 Å². The lowest BCUT2D eigenvalue weighted by Crippen LogP contribution is -2.44. The number of hydrogen-bond donors (Lipinski definition) is 1. The summed E-state index contributed by atoms with van der Waals surface area (Å²) < 4.78 is 42.8. The minimum Gasteiger partial charge on any atom is -0.454 e. The van der Waals surface area contributed by atoms with Gasteiger partial charge in [0.1, 0.15) is 6.04 Å². The van der Waals surface area contributed by atoms with Gasteiger partial charge in [-0.1, -0.05) is 27.3 Å². The molecule has 1 aromatic carbocycles. The average molecular weight is 507 g/mol. The van der Waals surface area contributed by atoms with E-state index in [2.05, 4.69) is 26.1 Å². The fraction of sp³-hybridized carbons (Fsp3) is 0.250. The number of Topliss-reactive ketones (excluding diaryl/α,β-unsaturated/α-hetero) is 1. The van der Waals surface area contributed by atoms with Crippen molar-refractivity contribution >= 4 is 61.7 Å². The van der Waals surface area contributed by atoms with Crippen LogP contribution in [0.15, 0.2) is 22.7 Å². The first-order chi connectivity index (χ1) is 14.0. The van der Waals surface area contributed by atoms with Crippen LogP contribution in [-0.2, 0) is 25.3 Å². The molecular formula is C16H10BrF3N4O5S. The van der Waals surface area contributed by atoms with Crippen LogP contribution in [0.1, 0.15) is 22.3 Å². The molecule has 0 spiro atoms. The van der Waals surface area contributed by atoms with E-state index in [-0.39, 0.29) is 22.6 Å². The van der Waals surface area contributed by atoms with Gasteiger partial charge in [-0.25, -0.2) is 4.79 Å². The zero-order valence-corrected chi connectivity index (χ0v) is 17.2. The van der Waals surface area contributed by atoms with Crippen LogP contribution >= 0.6 is 27.3 Å². The number of aromatic nitrogens is 2. The Balaban J connectivity index is 1.61. The molecule has 0 saturated carbocycles. The standard InChI is InChI=1S/C16H10BrF3N4O5S/c1-6(24-9-3-2-7(17)4-8(9)11(26)12(24)27)13(28)29-5-10(25)21-15-23-22-14(30-15)16(18,19)20/h2-4,6H,5H2,1H3,(H,21,23,25). The number of ether oxygens (including phenoxy) is 1. The van der Waals surface area contributed by atoms with Crippen molar-refractivity contribution in [2.45, 2.75) is 19.1 Å². The molecule has 1 atom stereocenters. The van der Waals surface area contributed by atoms with Crippen LogP contribution in [0.2, 0.25) is 0 Å². The second-order valence-corrected chi connectivity index (χ2v) is 7.80. The maximum atomic E-state index is 12.5. The summed E-state index contributed by atoms with van der Waals surface area (Å²) in [5, 5.41) is 6.44. The highest BCUT2D eigenvalue weighted by atomic mass is 79.9. The van der Waals surface area contributed by atoms with E-state index in [1.54, 1.807) is 6.07 Å². The molecule has 1 aromatic heterocycles. The second-order valence-electron chi connectivity index (χ2n) is 5.91. The number of fused-ring (bicyclic) bond motifs is 1. The number of nitrogens with zero attached hydrogens (tertiary/aromatic N) is 3. The molecule has 1 aliphatic heterocycles. The number of carbonyl (C=O) groups excluding carboxylic acids is 4. The zero-order chi connectivity index (χ0) is 22.2. The third-order valence-corrected chi connectivity index (χ3v) is 5.24. The lowest BCUT2D eigenvalue weighted by atomic mass is 10.1. The van der Waals surface area contributed by atoms with Crippen molar-refractivity contribution in [3.8, 4) is 0 Å². The molecule has 2 aromatic rings. The van der Waals surface area contributed by atoms with Gasteiger partial charge in [0.25, 0.3) is 17.6 Å². The van der Waals surface area contributed by atoms with Crippen LogP contribution in [0.4, 0.5) is 24.0 Å². The number of halogens is 4. The maximum absolute atomic E-state index is 12.5. The van der Waals surface area contributed by atoms with Crippen LogP contribution in [0.25, 0.3) is 0 Å². The molecule has 1 unspecified atom stereocenters. The van der Waals surface area contributed by atoms with Crippen LogP contribution in [-0.4, -0.2) is 46.4 Å². The summed E-state index contributed by atoms with van der Waals surface area (Å²) in [4.78, 5) is 49.4. The Morgan fingerprint density at radius 2 is 2.00 bits per heavy atom. The van der Waals surface area contributed by atoms with E-state index in [4.69, 9.17) is 4.74 Å². The summed E-state index contributed by atoms with van der Waals surface area (Å²) in [5.74, 6) is -3.66. The first kappa shape index (κ1) is 21.8. The average Bonchev–Trinajstić information content (AvgIpc) is 3.23. The number of amides is 2. The molecule has 3 rings (SSSR count). The normalized spacial score (nSPS) is 14.5. The summed E-state index contributed by atoms with van der Waals surface area (Å²) in [6, 6.07) is 3.28. The maximum Gasteiger partial charge on any atom is 0.445 e. The number of nitrogens with one attached hydrogen (secondary N) is 1. The minimum atomic E-state index is -4.70. The van der Waals surface area contributed by atoms with Crippen molar-refractivity contribution in [3.63, 3.8) is 0 Å². The molecule has 0 bridgehead atoms. The van der Waals surface area contributed by atoms with Gasteiger partial charge >= 0.3 is 12.1 Å². The van der Waals surface area contributed by atoms with E-state index < -0.39 is 52.5 Å². The van der Waals surface area contributed by atoms with Gasteiger partial charge in [0.15, 0.2) is 6.61 Å². The van der Waals surface area contributed by atoms with E-state index in [1.165, 1.54) is 19.1 Å². The zero-order valence-electron chi connectivity index (χ0n) is 14.8. The van der Waals surface area contributed by atoms with Gasteiger partial charge in [-0.2, -0.15) is 13.2 Å². The molecule has 0 saturated heterocycles. The predicted molar refractivity (Wildman–Crippen MR) is 99.9 cm³/mol. The number of esters is 1. The lowest BCUT2D eigenvalue weighted by molar-refractivity contribution is -0.148. The summed E-state index contributed by atoms with van der Waals surface area (Å²) in [6.07, 6.45) is -4.70. The van der Waals surface area contributed by atoms with Crippen LogP contribution in [0.3, 0.4) is 0 Å². The highest BCUT2D eigenvalue weighted by Crippen LogP contribution is 2.34. The smallest absolute Gasteiger partial charge is 0.445 e. The molecule has 0 aliphatic carbocycles. The molecule has 2 amide bonds. The van der Waals surface area contributed by atoms with Crippen LogP contribution in [0.5, 0.6) is 0 Å². The number of alkyl halides is 3. The van der Waals surface area contributed by atoms with Crippen molar-refractivity contribution in [2.75, 3.05) is 16.8 Å². The van der Waals surface area contributed by atoms with E-state index >= 15 is 0 Å². The van der Waals surface area contributed by atoms with Gasteiger partial charge in [0, 0.05) is 4.47 Å². The Kier molecular flexibility index (Phi) is 5.90. The predicted octanol–water partition coefficient (Wildman–Crippen LogP) is 2.42. The summed E-state index contributed by atoms with van der Waals surface area (Å²) in [5.41, 5.74) is 0.333. The number of rotatable bonds is 5. The summed E-state index contributed by atoms with van der Waals surface area (Å²) in [7, 11) is 0. The highest BCUT2D eigenvalue weighted by molar-refractivity contribution is 9.10. The highest BCUT2D eigenvalue weighted by Gasteiger charge is 2.41.